The van der Waals surface area contributed by atoms with Gasteiger partial charge in [0.2, 0.25) is 0 Å². The first-order valence-electron chi connectivity index (χ1n) is 18.0. The van der Waals surface area contributed by atoms with Crippen LogP contribution < -0.4 is 5.32 Å². The average molecular weight is 695 g/mol. The van der Waals surface area contributed by atoms with Crippen LogP contribution in [0.5, 0.6) is 0 Å². The Morgan fingerprint density at radius 3 is 1.78 bits per heavy atom. The fourth-order valence-electron chi connectivity index (χ4n) is 7.97. The van der Waals surface area contributed by atoms with Gasteiger partial charge in [0.1, 0.15) is 22.6 Å². The molecule has 0 fully saturated rings. The second-order valence-corrected chi connectivity index (χ2v) is 13.6. The van der Waals surface area contributed by atoms with Crippen molar-refractivity contribution in [3.05, 3.63) is 187 Å². The lowest BCUT2D eigenvalue weighted by atomic mass is 9.92. The van der Waals surface area contributed by atoms with Crippen molar-refractivity contribution < 1.29 is 8.83 Å². The zero-order valence-electron chi connectivity index (χ0n) is 28.9. The molecular formula is C48H30N4O2. The summed E-state index contributed by atoms with van der Waals surface area (Å²) in [6.45, 7) is 0. The Morgan fingerprint density at radius 1 is 0.426 bits per heavy atom. The molecule has 0 saturated carbocycles. The predicted octanol–water partition coefficient (Wildman–Crippen LogP) is 11.9. The lowest BCUT2D eigenvalue weighted by Crippen LogP contribution is -2.33. The molecule has 6 heteroatoms. The van der Waals surface area contributed by atoms with Crippen LogP contribution in [-0.2, 0) is 0 Å². The molecule has 0 saturated heterocycles. The number of aromatic nitrogens is 1. The van der Waals surface area contributed by atoms with Crippen LogP contribution in [0.3, 0.4) is 0 Å². The smallest absolute Gasteiger partial charge is 0.160 e. The molecule has 0 bridgehead atoms. The second kappa shape index (κ2) is 12.1. The monoisotopic (exact) mass is 694 g/mol. The molecule has 1 unspecified atom stereocenters. The minimum absolute atomic E-state index is 0.451. The molecule has 3 aromatic heterocycles. The molecule has 54 heavy (non-hydrogen) atoms. The van der Waals surface area contributed by atoms with Crippen LogP contribution in [0.2, 0.25) is 0 Å². The quantitative estimate of drug-likeness (QED) is 0.195. The molecule has 1 N–H and O–H groups in total. The van der Waals surface area contributed by atoms with Crippen LogP contribution in [0.1, 0.15) is 22.9 Å². The van der Waals surface area contributed by atoms with Crippen LogP contribution in [0, 0.1) is 0 Å². The predicted molar refractivity (Wildman–Crippen MR) is 219 cm³/mol. The van der Waals surface area contributed by atoms with Crippen molar-refractivity contribution in [1.82, 2.24) is 10.3 Å². The van der Waals surface area contributed by atoms with Crippen molar-refractivity contribution >= 4 is 66.3 Å². The maximum Gasteiger partial charge on any atom is 0.160 e. The SMILES string of the molecule is c1ccc(C2=NC(c3ccc(-c4ccc(-c5cccc6oc7ccccc7c56)cc4)c4ccccc34)=NC(c3cncc4oc5ccccc5c34)N2)cc1. The number of rotatable bonds is 5. The van der Waals surface area contributed by atoms with Crippen LogP contribution >= 0.6 is 0 Å². The van der Waals surface area contributed by atoms with Crippen molar-refractivity contribution in [2.45, 2.75) is 6.17 Å². The van der Waals surface area contributed by atoms with E-state index in [2.05, 4.69) is 113 Å². The number of pyridine rings is 1. The van der Waals surface area contributed by atoms with Crippen LogP contribution in [-0.4, -0.2) is 16.7 Å². The number of hydrogen-bond acceptors (Lipinski definition) is 6. The molecular weight excluding hydrogens is 665 g/mol. The van der Waals surface area contributed by atoms with E-state index in [1.165, 1.54) is 0 Å². The van der Waals surface area contributed by atoms with Crippen LogP contribution in [0.15, 0.2) is 189 Å². The zero-order chi connectivity index (χ0) is 35.6. The molecule has 0 amide bonds. The molecule has 1 aliphatic rings. The summed E-state index contributed by atoms with van der Waals surface area (Å²) in [5.74, 6) is 1.40. The number of nitrogens with one attached hydrogen (secondary N) is 1. The third kappa shape index (κ3) is 4.85. The Balaban J connectivity index is 1.03. The van der Waals surface area contributed by atoms with E-state index in [0.717, 1.165) is 99.4 Å². The highest BCUT2D eigenvalue weighted by molar-refractivity contribution is 6.19. The maximum absolute atomic E-state index is 6.21. The Labute approximate surface area is 309 Å². The molecule has 6 nitrogen and oxygen atoms in total. The van der Waals surface area contributed by atoms with Gasteiger partial charge in [0, 0.05) is 44.4 Å². The molecule has 1 aliphatic heterocycles. The lowest BCUT2D eigenvalue weighted by molar-refractivity contribution is 0.658. The molecule has 7 aromatic carbocycles. The molecule has 0 spiro atoms. The molecule has 11 rings (SSSR count). The number of amidine groups is 2. The number of furan rings is 2. The Morgan fingerprint density at radius 2 is 1.02 bits per heavy atom. The highest BCUT2D eigenvalue weighted by atomic mass is 16.3. The summed E-state index contributed by atoms with van der Waals surface area (Å²) in [6, 6.07) is 54.5. The minimum atomic E-state index is -0.451. The van der Waals surface area contributed by atoms with Gasteiger partial charge < -0.3 is 14.2 Å². The minimum Gasteiger partial charge on any atom is -0.456 e. The first-order valence-corrected chi connectivity index (χ1v) is 18.0. The maximum atomic E-state index is 6.21. The van der Waals surface area contributed by atoms with Crippen molar-refractivity contribution in [2.75, 3.05) is 0 Å². The molecule has 10 aromatic rings. The lowest BCUT2D eigenvalue weighted by Gasteiger charge is -2.24. The Kier molecular flexibility index (Phi) is 6.82. The van der Waals surface area contributed by atoms with Gasteiger partial charge in [-0.05, 0) is 57.3 Å². The van der Waals surface area contributed by atoms with E-state index in [1.54, 1.807) is 6.20 Å². The summed E-state index contributed by atoms with van der Waals surface area (Å²) in [5, 5.41) is 10.1. The summed E-state index contributed by atoms with van der Waals surface area (Å²) in [5.41, 5.74) is 10.8. The summed E-state index contributed by atoms with van der Waals surface area (Å²) in [6.07, 6.45) is 3.21. The van der Waals surface area contributed by atoms with E-state index < -0.39 is 6.17 Å². The number of para-hydroxylation sites is 2. The highest BCUT2D eigenvalue weighted by Gasteiger charge is 2.26. The number of fused-ring (bicyclic) bond motifs is 7. The molecule has 4 heterocycles. The van der Waals surface area contributed by atoms with Crippen LogP contribution in [0.4, 0.5) is 0 Å². The van der Waals surface area contributed by atoms with Crippen molar-refractivity contribution in [2.24, 2.45) is 9.98 Å². The third-order valence-corrected chi connectivity index (χ3v) is 10.5. The zero-order valence-corrected chi connectivity index (χ0v) is 28.9. The summed E-state index contributed by atoms with van der Waals surface area (Å²) in [4.78, 5) is 15.1. The van der Waals surface area contributed by atoms with Crippen molar-refractivity contribution in [3.63, 3.8) is 0 Å². The summed E-state index contributed by atoms with van der Waals surface area (Å²) in [7, 11) is 0. The number of hydrogen-bond donors (Lipinski definition) is 1. The van der Waals surface area contributed by atoms with E-state index in [-0.39, 0.29) is 0 Å². The van der Waals surface area contributed by atoms with E-state index in [0.29, 0.717) is 5.84 Å². The Bertz CT molecular complexity index is 3140. The van der Waals surface area contributed by atoms with E-state index in [4.69, 9.17) is 18.8 Å². The second-order valence-electron chi connectivity index (χ2n) is 13.6. The van der Waals surface area contributed by atoms with Gasteiger partial charge >= 0.3 is 0 Å². The normalized spacial score (nSPS) is 14.5. The van der Waals surface area contributed by atoms with Gasteiger partial charge in [-0.25, -0.2) is 9.98 Å². The van der Waals surface area contributed by atoms with Gasteiger partial charge in [0.25, 0.3) is 0 Å². The number of nitrogens with zero attached hydrogens (tertiary/aromatic N) is 3. The first-order chi connectivity index (χ1) is 26.8. The fourth-order valence-corrected chi connectivity index (χ4v) is 7.97. The van der Waals surface area contributed by atoms with Crippen molar-refractivity contribution in [1.29, 1.82) is 0 Å². The standard InChI is InChI=1S/C48H30N4O2/c1-2-11-31(12-3-1)46-50-47(52-48(51-46)39-27-49-28-43-45(39)38-16-7-9-19-41(38)54-43)36-26-25-32(34-13-4-5-14-35(34)36)29-21-23-30(24-22-29)33-17-10-20-42-44(33)37-15-6-8-18-40(37)53-42/h1-28,48H,(H,50,51,52). The van der Waals surface area contributed by atoms with E-state index >= 15 is 0 Å². The topological polar surface area (TPSA) is 75.9 Å². The first kappa shape index (κ1) is 30.3. The third-order valence-electron chi connectivity index (χ3n) is 10.5. The van der Waals surface area contributed by atoms with E-state index in [9.17, 15) is 0 Å². The number of benzene rings is 7. The fraction of sp³-hybridized carbons (Fsp3) is 0.0208. The van der Waals surface area contributed by atoms with Gasteiger partial charge in [-0.15, -0.1) is 0 Å². The molecule has 1 atom stereocenters. The Hall–Kier alpha value is -7.31. The summed E-state index contributed by atoms with van der Waals surface area (Å²) >= 11 is 0. The van der Waals surface area contributed by atoms with E-state index in [1.807, 2.05) is 60.8 Å². The molecule has 0 aliphatic carbocycles. The van der Waals surface area contributed by atoms with Gasteiger partial charge in [-0.2, -0.15) is 0 Å². The largest absolute Gasteiger partial charge is 0.456 e. The van der Waals surface area contributed by atoms with Gasteiger partial charge in [0.05, 0.1) is 6.20 Å². The van der Waals surface area contributed by atoms with Gasteiger partial charge in [0.15, 0.2) is 17.6 Å². The highest BCUT2D eigenvalue weighted by Crippen LogP contribution is 2.39. The average Bonchev–Trinajstić information content (AvgIpc) is 3.82. The molecule has 0 radical (unpaired) electrons. The van der Waals surface area contributed by atoms with Gasteiger partial charge in [-0.1, -0.05) is 133 Å². The number of aliphatic imine (C=N–C) groups is 2. The summed E-state index contributed by atoms with van der Waals surface area (Å²) < 4.78 is 12.4. The van der Waals surface area contributed by atoms with Crippen LogP contribution in [0.25, 0.3) is 76.9 Å². The van der Waals surface area contributed by atoms with Gasteiger partial charge in [-0.3, -0.25) is 4.98 Å². The van der Waals surface area contributed by atoms with Crippen molar-refractivity contribution in [3.8, 4) is 22.3 Å². The molecule has 254 valence electrons.